The summed E-state index contributed by atoms with van der Waals surface area (Å²) in [5.74, 6) is 1.04. The van der Waals surface area contributed by atoms with Gasteiger partial charge in [0.1, 0.15) is 12.4 Å². The molecule has 0 aromatic heterocycles. The van der Waals surface area contributed by atoms with Crippen LogP contribution in [0, 0.1) is 5.92 Å². The van der Waals surface area contributed by atoms with Gasteiger partial charge in [-0.2, -0.15) is 0 Å². The highest BCUT2D eigenvalue weighted by molar-refractivity contribution is 5.94. The minimum atomic E-state index is -0.0702. The van der Waals surface area contributed by atoms with Gasteiger partial charge in [0.05, 0.1) is 12.6 Å². The van der Waals surface area contributed by atoms with Crippen LogP contribution in [0.3, 0.4) is 0 Å². The molecule has 1 fully saturated rings. The van der Waals surface area contributed by atoms with Crippen LogP contribution in [0.5, 0.6) is 5.75 Å². The molecule has 1 aromatic carbocycles. The average Bonchev–Trinajstić information content (AvgIpc) is 2.85. The highest BCUT2D eigenvalue weighted by Gasteiger charge is 2.34. The van der Waals surface area contributed by atoms with Gasteiger partial charge in [-0.15, -0.1) is 0 Å². The normalized spacial score (nSPS) is 21.8. The number of aliphatic hydroxyl groups excluding tert-OH is 1. The number of hydrogen-bond acceptors (Lipinski definition) is 3. The summed E-state index contributed by atoms with van der Waals surface area (Å²) in [6, 6.07) is 7.02. The van der Waals surface area contributed by atoms with Gasteiger partial charge in [0.2, 0.25) is 0 Å². The topological polar surface area (TPSA) is 49.8 Å². The van der Waals surface area contributed by atoms with Gasteiger partial charge in [0.15, 0.2) is 0 Å². The van der Waals surface area contributed by atoms with E-state index in [9.17, 15) is 9.90 Å². The molecule has 2 atom stereocenters. The molecule has 0 spiro atoms. The number of amides is 1. The van der Waals surface area contributed by atoms with Crippen LogP contribution in [0.4, 0.5) is 0 Å². The summed E-state index contributed by atoms with van der Waals surface area (Å²) in [5, 5.41) is 9.42. The Bertz CT molecular complexity index is 469. The van der Waals surface area contributed by atoms with Crippen molar-refractivity contribution in [2.75, 3.05) is 19.8 Å². The predicted octanol–water partition coefficient (Wildman–Crippen LogP) is 2.09. The first-order valence-corrected chi connectivity index (χ1v) is 6.93. The quantitative estimate of drug-likeness (QED) is 0.837. The number of benzene rings is 1. The number of aliphatic hydroxyl groups is 1. The minimum Gasteiger partial charge on any atom is -0.490 e. The number of rotatable bonds is 5. The molecule has 0 radical (unpaired) electrons. The van der Waals surface area contributed by atoms with Crippen LogP contribution in [-0.2, 0) is 0 Å². The van der Waals surface area contributed by atoms with Crippen molar-refractivity contribution < 1.29 is 14.6 Å². The molecule has 2 rings (SSSR count). The van der Waals surface area contributed by atoms with Crippen LogP contribution in [0.25, 0.3) is 0 Å². The van der Waals surface area contributed by atoms with Gasteiger partial charge in [0.25, 0.3) is 5.91 Å². The fourth-order valence-electron chi connectivity index (χ4n) is 2.55. The van der Waals surface area contributed by atoms with Crippen molar-refractivity contribution in [3.05, 3.63) is 42.5 Å². The molecule has 1 aliphatic rings. The summed E-state index contributed by atoms with van der Waals surface area (Å²) in [7, 11) is 0. The van der Waals surface area contributed by atoms with Crippen molar-refractivity contribution in [3.63, 3.8) is 0 Å². The number of hydrogen-bond donors (Lipinski definition) is 1. The molecule has 4 nitrogen and oxygen atoms in total. The molecule has 1 heterocycles. The summed E-state index contributed by atoms with van der Waals surface area (Å²) >= 11 is 0. The van der Waals surface area contributed by atoms with E-state index in [1.54, 1.807) is 35.2 Å². The molecule has 0 saturated carbocycles. The van der Waals surface area contributed by atoms with Gasteiger partial charge >= 0.3 is 0 Å². The van der Waals surface area contributed by atoms with E-state index in [2.05, 4.69) is 13.5 Å². The lowest BCUT2D eigenvalue weighted by molar-refractivity contribution is 0.0648. The Morgan fingerprint density at radius 2 is 2.20 bits per heavy atom. The van der Waals surface area contributed by atoms with Crippen LogP contribution >= 0.6 is 0 Å². The molecule has 1 N–H and O–H groups in total. The molecule has 20 heavy (non-hydrogen) atoms. The summed E-state index contributed by atoms with van der Waals surface area (Å²) in [5.41, 5.74) is 0.628. The Labute approximate surface area is 119 Å². The fraction of sp³-hybridized carbons (Fsp3) is 0.438. The largest absolute Gasteiger partial charge is 0.490 e. The van der Waals surface area contributed by atoms with E-state index >= 15 is 0 Å². The zero-order chi connectivity index (χ0) is 14.5. The smallest absolute Gasteiger partial charge is 0.254 e. The van der Waals surface area contributed by atoms with Gasteiger partial charge in [-0.3, -0.25) is 4.79 Å². The van der Waals surface area contributed by atoms with Gasteiger partial charge in [-0.05, 0) is 36.6 Å². The minimum absolute atomic E-state index is 0.0213. The highest BCUT2D eigenvalue weighted by Crippen LogP contribution is 2.25. The Morgan fingerprint density at radius 1 is 1.50 bits per heavy atom. The van der Waals surface area contributed by atoms with E-state index in [4.69, 9.17) is 4.74 Å². The molecule has 0 bridgehead atoms. The van der Waals surface area contributed by atoms with E-state index < -0.39 is 0 Å². The van der Waals surface area contributed by atoms with E-state index in [0.29, 0.717) is 24.6 Å². The number of nitrogens with zero attached hydrogens (tertiary/aromatic N) is 1. The lowest BCUT2D eigenvalue weighted by Crippen LogP contribution is -2.39. The van der Waals surface area contributed by atoms with E-state index in [-0.39, 0.29) is 18.6 Å². The maximum atomic E-state index is 12.4. The van der Waals surface area contributed by atoms with Crippen molar-refractivity contribution in [3.8, 4) is 5.75 Å². The second-order valence-electron chi connectivity index (χ2n) is 5.14. The van der Waals surface area contributed by atoms with Crippen molar-refractivity contribution >= 4 is 5.91 Å². The van der Waals surface area contributed by atoms with Crippen LogP contribution in [0.1, 0.15) is 23.7 Å². The summed E-state index contributed by atoms with van der Waals surface area (Å²) in [6.45, 7) is 6.84. The van der Waals surface area contributed by atoms with Crippen molar-refractivity contribution in [1.29, 1.82) is 0 Å². The number of ether oxygens (including phenoxy) is 1. The van der Waals surface area contributed by atoms with Gasteiger partial charge in [-0.25, -0.2) is 0 Å². The first-order valence-electron chi connectivity index (χ1n) is 6.93. The molecule has 1 amide bonds. The van der Waals surface area contributed by atoms with Crippen molar-refractivity contribution in [1.82, 2.24) is 4.90 Å². The average molecular weight is 275 g/mol. The van der Waals surface area contributed by atoms with E-state index in [0.717, 1.165) is 12.2 Å². The number of carbonyl (C=O) groups excluding carboxylic acids is 1. The molecule has 1 aliphatic heterocycles. The maximum Gasteiger partial charge on any atom is 0.254 e. The lowest BCUT2D eigenvalue weighted by Gasteiger charge is -2.25. The van der Waals surface area contributed by atoms with Crippen LogP contribution in [0.2, 0.25) is 0 Å². The number of carbonyl (C=O) groups is 1. The molecule has 2 unspecified atom stereocenters. The summed E-state index contributed by atoms with van der Waals surface area (Å²) in [6.07, 6.45) is 2.62. The molecule has 0 aliphatic carbocycles. The molecule has 108 valence electrons. The Hall–Kier alpha value is -1.81. The number of likely N-dealkylation sites (tertiary alicyclic amines) is 1. The first kappa shape index (κ1) is 14.6. The standard InChI is InChI=1S/C16H21NO3/c1-3-10-20-14-6-4-13(5-7-14)16(19)17-9-8-12(2)15(17)11-18/h3-7,12,15,18H,1,8-11H2,2H3. The molecular formula is C16H21NO3. The maximum absolute atomic E-state index is 12.4. The highest BCUT2D eigenvalue weighted by atomic mass is 16.5. The Kier molecular flexibility index (Phi) is 4.79. The zero-order valence-electron chi connectivity index (χ0n) is 11.8. The zero-order valence-corrected chi connectivity index (χ0v) is 11.8. The van der Waals surface area contributed by atoms with E-state index in [1.165, 1.54) is 0 Å². The van der Waals surface area contributed by atoms with Gasteiger partial charge < -0.3 is 14.7 Å². The summed E-state index contributed by atoms with van der Waals surface area (Å²) in [4.78, 5) is 14.2. The van der Waals surface area contributed by atoms with Gasteiger partial charge in [-0.1, -0.05) is 19.6 Å². The third-order valence-corrected chi connectivity index (χ3v) is 3.80. The molecule has 4 heteroatoms. The Morgan fingerprint density at radius 3 is 2.80 bits per heavy atom. The van der Waals surface area contributed by atoms with Crippen LogP contribution in [0.15, 0.2) is 36.9 Å². The van der Waals surface area contributed by atoms with E-state index in [1.807, 2.05) is 0 Å². The SMILES string of the molecule is C=CCOc1ccc(C(=O)N2CCC(C)C2CO)cc1. The lowest BCUT2D eigenvalue weighted by atomic mass is 10.0. The molecular weight excluding hydrogens is 254 g/mol. The monoisotopic (exact) mass is 275 g/mol. The molecule has 1 aromatic rings. The van der Waals surface area contributed by atoms with Crippen LogP contribution in [-0.4, -0.2) is 41.7 Å². The van der Waals surface area contributed by atoms with Gasteiger partial charge in [0, 0.05) is 12.1 Å². The third-order valence-electron chi connectivity index (χ3n) is 3.80. The summed E-state index contributed by atoms with van der Waals surface area (Å²) < 4.78 is 5.39. The second kappa shape index (κ2) is 6.57. The van der Waals surface area contributed by atoms with Crippen molar-refractivity contribution in [2.45, 2.75) is 19.4 Å². The first-order chi connectivity index (χ1) is 9.67. The van der Waals surface area contributed by atoms with Crippen molar-refractivity contribution in [2.24, 2.45) is 5.92 Å². The van der Waals surface area contributed by atoms with Crippen LogP contribution < -0.4 is 4.74 Å². The predicted molar refractivity (Wildman–Crippen MR) is 77.8 cm³/mol. The Balaban J connectivity index is 2.07. The second-order valence-corrected chi connectivity index (χ2v) is 5.14. The molecule has 1 saturated heterocycles. The third kappa shape index (κ3) is 3.02. The fourth-order valence-corrected chi connectivity index (χ4v) is 2.55.